The number of anilines is 1. The molecule has 8 heteroatoms. The fourth-order valence-corrected chi connectivity index (χ4v) is 2.24. The van der Waals surface area contributed by atoms with Crippen LogP contribution in [0.25, 0.3) is 5.65 Å². The number of aromatic amines is 1. The van der Waals surface area contributed by atoms with Crippen molar-refractivity contribution in [3.05, 3.63) is 22.6 Å². The average molecular weight is 278 g/mol. The van der Waals surface area contributed by atoms with Gasteiger partial charge in [0.05, 0.1) is 13.2 Å². The topological polar surface area (TPSA) is 87.5 Å². The zero-order chi connectivity index (χ0) is 13.8. The lowest BCUT2D eigenvalue weighted by atomic mass is 10.3. The fraction of sp³-hybridized carbons (Fsp3) is 0.583. The first-order valence-corrected chi connectivity index (χ1v) is 6.81. The number of H-pyrrole nitrogens is 1. The molecule has 0 saturated carbocycles. The Morgan fingerprint density at radius 1 is 1.35 bits per heavy atom. The highest BCUT2D eigenvalue weighted by atomic mass is 16.5. The third kappa shape index (κ3) is 2.97. The van der Waals surface area contributed by atoms with Crippen LogP contribution in [0, 0.1) is 0 Å². The summed E-state index contributed by atoms with van der Waals surface area (Å²) in [6.07, 6.45) is 1.03. The van der Waals surface area contributed by atoms with Crippen molar-refractivity contribution in [3.8, 4) is 0 Å². The summed E-state index contributed by atoms with van der Waals surface area (Å²) in [7, 11) is 0. The number of nitrogens with zero attached hydrogens (tertiary/aromatic N) is 4. The van der Waals surface area contributed by atoms with Crippen LogP contribution in [0.5, 0.6) is 0 Å². The molecule has 8 nitrogen and oxygen atoms in total. The van der Waals surface area contributed by atoms with Gasteiger partial charge in [0.25, 0.3) is 0 Å². The van der Waals surface area contributed by atoms with Gasteiger partial charge in [-0.15, -0.1) is 5.10 Å². The summed E-state index contributed by atoms with van der Waals surface area (Å²) in [5, 5.41) is 13.6. The molecule has 0 unspecified atom stereocenters. The molecular formula is C12H18N6O2. The summed E-state index contributed by atoms with van der Waals surface area (Å²) >= 11 is 0. The molecule has 1 fully saturated rings. The third-order valence-corrected chi connectivity index (χ3v) is 3.33. The van der Waals surface area contributed by atoms with Crippen molar-refractivity contribution in [2.75, 3.05) is 44.7 Å². The van der Waals surface area contributed by atoms with E-state index in [9.17, 15) is 4.79 Å². The molecule has 1 saturated heterocycles. The molecule has 2 aromatic heterocycles. The SMILES string of the molecule is O=c1[nH]nc2ccc(NCCCN3CCOCC3)nn12. The summed E-state index contributed by atoms with van der Waals surface area (Å²) in [5.41, 5.74) is 0.200. The zero-order valence-electron chi connectivity index (χ0n) is 11.2. The van der Waals surface area contributed by atoms with E-state index in [2.05, 4.69) is 25.5 Å². The maximum atomic E-state index is 11.4. The summed E-state index contributed by atoms with van der Waals surface area (Å²) in [4.78, 5) is 13.8. The Bertz CT molecular complexity index is 616. The van der Waals surface area contributed by atoms with Crippen LogP contribution in [0.2, 0.25) is 0 Å². The molecule has 1 aliphatic heterocycles. The van der Waals surface area contributed by atoms with Crippen LogP contribution in [-0.4, -0.2) is 64.1 Å². The van der Waals surface area contributed by atoms with Crippen molar-refractivity contribution in [3.63, 3.8) is 0 Å². The lowest BCUT2D eigenvalue weighted by Crippen LogP contribution is -2.37. The van der Waals surface area contributed by atoms with E-state index in [-0.39, 0.29) is 5.69 Å². The van der Waals surface area contributed by atoms with E-state index < -0.39 is 0 Å². The summed E-state index contributed by atoms with van der Waals surface area (Å²) in [5.74, 6) is 0.683. The Kier molecular flexibility index (Phi) is 3.93. The van der Waals surface area contributed by atoms with E-state index in [1.165, 1.54) is 4.52 Å². The van der Waals surface area contributed by atoms with Crippen molar-refractivity contribution >= 4 is 11.5 Å². The van der Waals surface area contributed by atoms with Crippen molar-refractivity contribution in [2.45, 2.75) is 6.42 Å². The first kappa shape index (κ1) is 13.1. The molecule has 3 heterocycles. The summed E-state index contributed by atoms with van der Waals surface area (Å²) in [6.45, 7) is 5.54. The molecule has 2 N–H and O–H groups in total. The van der Waals surface area contributed by atoms with Crippen LogP contribution in [0.15, 0.2) is 16.9 Å². The highest BCUT2D eigenvalue weighted by Gasteiger charge is 2.09. The normalized spacial score (nSPS) is 16.6. The third-order valence-electron chi connectivity index (χ3n) is 3.33. The van der Waals surface area contributed by atoms with Crippen LogP contribution in [-0.2, 0) is 4.74 Å². The minimum atomic E-state index is -0.322. The molecular weight excluding hydrogens is 260 g/mol. The largest absolute Gasteiger partial charge is 0.379 e. The molecule has 1 aliphatic rings. The van der Waals surface area contributed by atoms with Gasteiger partial charge in [0, 0.05) is 19.6 Å². The quantitative estimate of drug-likeness (QED) is 0.720. The van der Waals surface area contributed by atoms with Gasteiger partial charge >= 0.3 is 5.69 Å². The summed E-state index contributed by atoms with van der Waals surface area (Å²) in [6, 6.07) is 3.58. The van der Waals surface area contributed by atoms with Gasteiger partial charge in [-0.25, -0.2) is 9.89 Å². The van der Waals surface area contributed by atoms with Crippen LogP contribution in [0.3, 0.4) is 0 Å². The summed E-state index contributed by atoms with van der Waals surface area (Å²) < 4.78 is 6.57. The lowest BCUT2D eigenvalue weighted by molar-refractivity contribution is 0.0378. The van der Waals surface area contributed by atoms with Crippen molar-refractivity contribution in [1.82, 2.24) is 24.7 Å². The van der Waals surface area contributed by atoms with Gasteiger partial charge < -0.3 is 10.1 Å². The predicted octanol–water partition coefficient (Wildman–Crippen LogP) is -0.448. The van der Waals surface area contributed by atoms with Crippen molar-refractivity contribution in [2.24, 2.45) is 0 Å². The van der Waals surface area contributed by atoms with Crippen molar-refractivity contribution in [1.29, 1.82) is 0 Å². The molecule has 20 heavy (non-hydrogen) atoms. The molecule has 0 spiro atoms. The minimum Gasteiger partial charge on any atom is -0.379 e. The van der Waals surface area contributed by atoms with E-state index >= 15 is 0 Å². The Labute approximate surface area is 115 Å². The van der Waals surface area contributed by atoms with E-state index in [4.69, 9.17) is 4.74 Å². The highest BCUT2D eigenvalue weighted by Crippen LogP contribution is 2.03. The average Bonchev–Trinajstić information content (AvgIpc) is 2.86. The van der Waals surface area contributed by atoms with Gasteiger partial charge in [-0.3, -0.25) is 4.90 Å². The Balaban J connectivity index is 1.49. The molecule has 108 valence electrons. The first-order valence-electron chi connectivity index (χ1n) is 6.81. The highest BCUT2D eigenvalue weighted by molar-refractivity contribution is 5.42. The van der Waals surface area contributed by atoms with Gasteiger partial charge in [0.2, 0.25) is 0 Å². The van der Waals surface area contributed by atoms with Gasteiger partial charge in [0.1, 0.15) is 5.82 Å². The number of morpholine rings is 1. The molecule has 0 aliphatic carbocycles. The lowest BCUT2D eigenvalue weighted by Gasteiger charge is -2.26. The van der Waals surface area contributed by atoms with Gasteiger partial charge in [-0.05, 0) is 25.1 Å². The Morgan fingerprint density at radius 2 is 2.20 bits per heavy atom. The second-order valence-electron chi connectivity index (χ2n) is 4.75. The predicted molar refractivity (Wildman–Crippen MR) is 74.0 cm³/mol. The van der Waals surface area contributed by atoms with E-state index in [0.29, 0.717) is 11.5 Å². The molecule has 0 aromatic carbocycles. The molecule has 3 rings (SSSR count). The smallest absolute Gasteiger partial charge is 0.364 e. The number of nitrogens with one attached hydrogen (secondary N) is 2. The second-order valence-corrected chi connectivity index (χ2v) is 4.75. The standard InChI is InChI=1S/C12H18N6O2/c19-12-15-14-11-3-2-10(16-18(11)12)13-4-1-5-17-6-8-20-9-7-17/h2-3H,1,4-9H2,(H,13,16)(H,15,19). The molecule has 0 amide bonds. The number of fused-ring (bicyclic) bond motifs is 1. The number of hydrogen-bond acceptors (Lipinski definition) is 6. The molecule has 0 radical (unpaired) electrons. The second kappa shape index (κ2) is 6.02. The minimum absolute atomic E-state index is 0.322. The number of ether oxygens (including phenoxy) is 1. The van der Waals surface area contributed by atoms with Crippen LogP contribution in [0.4, 0.5) is 5.82 Å². The van der Waals surface area contributed by atoms with Crippen molar-refractivity contribution < 1.29 is 4.74 Å². The number of rotatable bonds is 5. The van der Waals surface area contributed by atoms with E-state index in [1.54, 1.807) is 6.07 Å². The monoisotopic (exact) mass is 278 g/mol. The Hall–Kier alpha value is -1.93. The van der Waals surface area contributed by atoms with Crippen LogP contribution < -0.4 is 11.0 Å². The number of hydrogen-bond donors (Lipinski definition) is 2. The maximum Gasteiger partial charge on any atom is 0.364 e. The number of aromatic nitrogens is 4. The van der Waals surface area contributed by atoms with Gasteiger partial charge in [-0.1, -0.05) is 0 Å². The van der Waals surface area contributed by atoms with Crippen LogP contribution >= 0.6 is 0 Å². The fourth-order valence-electron chi connectivity index (χ4n) is 2.24. The molecule has 0 atom stereocenters. The van der Waals surface area contributed by atoms with Gasteiger partial charge in [0.15, 0.2) is 5.65 Å². The Morgan fingerprint density at radius 3 is 3.05 bits per heavy atom. The zero-order valence-corrected chi connectivity index (χ0v) is 11.2. The van der Waals surface area contributed by atoms with E-state index in [0.717, 1.165) is 45.8 Å². The van der Waals surface area contributed by atoms with Gasteiger partial charge in [-0.2, -0.15) is 9.61 Å². The molecule has 2 aromatic rings. The maximum absolute atomic E-state index is 11.4. The first-order chi connectivity index (χ1) is 9.83. The van der Waals surface area contributed by atoms with Crippen LogP contribution in [0.1, 0.15) is 6.42 Å². The van der Waals surface area contributed by atoms with E-state index in [1.807, 2.05) is 6.07 Å². The molecule has 0 bridgehead atoms.